The minimum Gasteiger partial charge on any atom is -0.393 e. The molecular formula is C16H30N2O2. The predicted molar refractivity (Wildman–Crippen MR) is 80.5 cm³/mol. The first kappa shape index (κ1) is 15.6. The molecule has 5 unspecified atom stereocenters. The first-order valence-corrected chi connectivity index (χ1v) is 8.18. The van der Waals surface area contributed by atoms with E-state index in [4.69, 9.17) is 0 Å². The summed E-state index contributed by atoms with van der Waals surface area (Å²) in [5, 5.41) is 13.1. The van der Waals surface area contributed by atoms with E-state index >= 15 is 0 Å². The summed E-state index contributed by atoms with van der Waals surface area (Å²) >= 11 is 0. The van der Waals surface area contributed by atoms with Crippen molar-refractivity contribution in [3.8, 4) is 0 Å². The Morgan fingerprint density at radius 1 is 1.20 bits per heavy atom. The van der Waals surface area contributed by atoms with Crippen molar-refractivity contribution in [1.29, 1.82) is 0 Å². The maximum absolute atomic E-state index is 12.3. The van der Waals surface area contributed by atoms with E-state index in [1.54, 1.807) is 4.90 Å². The SMILES string of the molecule is CC1CCCC(NC(=O)N(C)CC2CCCC2O)C1C. The van der Waals surface area contributed by atoms with Gasteiger partial charge in [-0.1, -0.05) is 33.1 Å². The zero-order chi connectivity index (χ0) is 14.7. The van der Waals surface area contributed by atoms with Crippen molar-refractivity contribution in [2.24, 2.45) is 17.8 Å². The number of aliphatic hydroxyl groups is 1. The van der Waals surface area contributed by atoms with Crippen LogP contribution in [0.4, 0.5) is 4.79 Å². The highest BCUT2D eigenvalue weighted by Crippen LogP contribution is 2.30. The van der Waals surface area contributed by atoms with Gasteiger partial charge >= 0.3 is 6.03 Å². The van der Waals surface area contributed by atoms with Gasteiger partial charge in [0.25, 0.3) is 0 Å². The van der Waals surface area contributed by atoms with Gasteiger partial charge in [-0.3, -0.25) is 0 Å². The number of urea groups is 1. The molecule has 2 fully saturated rings. The molecule has 0 bridgehead atoms. The van der Waals surface area contributed by atoms with Crippen molar-refractivity contribution in [3.63, 3.8) is 0 Å². The largest absolute Gasteiger partial charge is 0.393 e. The van der Waals surface area contributed by atoms with Gasteiger partial charge in [0.1, 0.15) is 0 Å². The maximum Gasteiger partial charge on any atom is 0.317 e. The molecule has 2 saturated carbocycles. The molecule has 0 aliphatic heterocycles. The van der Waals surface area contributed by atoms with Crippen LogP contribution < -0.4 is 5.32 Å². The van der Waals surface area contributed by atoms with E-state index in [-0.39, 0.29) is 18.1 Å². The van der Waals surface area contributed by atoms with Gasteiger partial charge in [-0.05, 0) is 31.1 Å². The average Bonchev–Trinajstić information content (AvgIpc) is 2.80. The fourth-order valence-corrected chi connectivity index (χ4v) is 3.72. The van der Waals surface area contributed by atoms with Crippen LogP contribution in [0.15, 0.2) is 0 Å². The number of nitrogens with one attached hydrogen (secondary N) is 1. The van der Waals surface area contributed by atoms with E-state index in [0.717, 1.165) is 25.7 Å². The van der Waals surface area contributed by atoms with E-state index < -0.39 is 0 Å². The van der Waals surface area contributed by atoms with Crippen molar-refractivity contribution >= 4 is 6.03 Å². The van der Waals surface area contributed by atoms with Crippen molar-refractivity contribution in [2.45, 2.75) is 64.5 Å². The molecule has 0 saturated heterocycles. The Balaban J connectivity index is 1.81. The number of carbonyl (C=O) groups excluding carboxylic acids is 1. The van der Waals surface area contributed by atoms with Crippen LogP contribution in [-0.2, 0) is 0 Å². The molecule has 2 aliphatic carbocycles. The quantitative estimate of drug-likeness (QED) is 0.836. The topological polar surface area (TPSA) is 52.6 Å². The Bertz CT molecular complexity index is 334. The van der Waals surface area contributed by atoms with Gasteiger partial charge in [0.15, 0.2) is 0 Å². The third-order valence-electron chi connectivity index (χ3n) is 5.49. The molecule has 2 amide bonds. The molecule has 4 nitrogen and oxygen atoms in total. The van der Waals surface area contributed by atoms with Crippen LogP contribution in [0.5, 0.6) is 0 Å². The molecule has 0 radical (unpaired) electrons. The second-order valence-electron chi connectivity index (χ2n) is 6.96. The van der Waals surface area contributed by atoms with Gasteiger partial charge in [0.2, 0.25) is 0 Å². The Morgan fingerprint density at radius 3 is 2.55 bits per heavy atom. The van der Waals surface area contributed by atoms with Crippen LogP contribution in [0.3, 0.4) is 0 Å². The number of carbonyl (C=O) groups is 1. The summed E-state index contributed by atoms with van der Waals surface area (Å²) in [4.78, 5) is 14.0. The van der Waals surface area contributed by atoms with Gasteiger partial charge < -0.3 is 15.3 Å². The van der Waals surface area contributed by atoms with Gasteiger partial charge in [-0.15, -0.1) is 0 Å². The van der Waals surface area contributed by atoms with Crippen LogP contribution in [0, 0.1) is 17.8 Å². The van der Waals surface area contributed by atoms with E-state index in [0.29, 0.717) is 24.4 Å². The van der Waals surface area contributed by atoms with Gasteiger partial charge in [-0.25, -0.2) is 4.79 Å². The monoisotopic (exact) mass is 282 g/mol. The van der Waals surface area contributed by atoms with Crippen molar-refractivity contribution in [1.82, 2.24) is 10.2 Å². The number of amides is 2. The molecule has 2 rings (SSSR count). The second kappa shape index (κ2) is 6.79. The lowest BCUT2D eigenvalue weighted by Gasteiger charge is -2.36. The van der Waals surface area contributed by atoms with Gasteiger partial charge in [-0.2, -0.15) is 0 Å². The van der Waals surface area contributed by atoms with E-state index in [2.05, 4.69) is 19.2 Å². The lowest BCUT2D eigenvalue weighted by Crippen LogP contribution is -2.49. The summed E-state index contributed by atoms with van der Waals surface area (Å²) in [5.41, 5.74) is 0. The number of hydrogen-bond acceptors (Lipinski definition) is 2. The highest BCUT2D eigenvalue weighted by atomic mass is 16.3. The summed E-state index contributed by atoms with van der Waals surface area (Å²) in [6, 6.07) is 0.331. The highest BCUT2D eigenvalue weighted by Gasteiger charge is 2.31. The number of nitrogens with zero attached hydrogens (tertiary/aromatic N) is 1. The molecule has 2 aliphatic rings. The number of hydrogen-bond donors (Lipinski definition) is 2. The molecule has 4 heteroatoms. The van der Waals surface area contributed by atoms with E-state index in [9.17, 15) is 9.90 Å². The molecule has 0 heterocycles. The molecule has 5 atom stereocenters. The second-order valence-corrected chi connectivity index (χ2v) is 6.96. The van der Waals surface area contributed by atoms with Crippen LogP contribution in [0.1, 0.15) is 52.4 Å². The summed E-state index contributed by atoms with van der Waals surface area (Å²) in [6.07, 6.45) is 6.36. The number of aliphatic hydroxyl groups excluding tert-OH is 1. The summed E-state index contributed by atoms with van der Waals surface area (Å²) < 4.78 is 0. The van der Waals surface area contributed by atoms with Crippen molar-refractivity contribution in [2.75, 3.05) is 13.6 Å². The summed E-state index contributed by atoms with van der Waals surface area (Å²) in [5.74, 6) is 1.50. The zero-order valence-electron chi connectivity index (χ0n) is 13.1. The van der Waals surface area contributed by atoms with Crippen molar-refractivity contribution < 1.29 is 9.90 Å². The third-order valence-corrected chi connectivity index (χ3v) is 5.49. The van der Waals surface area contributed by atoms with Gasteiger partial charge in [0.05, 0.1) is 6.10 Å². The number of rotatable bonds is 3. The molecule has 0 aromatic heterocycles. The fraction of sp³-hybridized carbons (Fsp3) is 0.938. The molecule has 0 spiro atoms. The van der Waals surface area contributed by atoms with E-state index in [1.807, 2.05) is 7.05 Å². The van der Waals surface area contributed by atoms with Gasteiger partial charge in [0, 0.05) is 25.6 Å². The molecule has 0 aromatic rings. The molecule has 0 aromatic carbocycles. The van der Waals surface area contributed by atoms with Crippen molar-refractivity contribution in [3.05, 3.63) is 0 Å². The molecular weight excluding hydrogens is 252 g/mol. The molecule has 2 N–H and O–H groups in total. The molecule has 116 valence electrons. The van der Waals surface area contributed by atoms with E-state index in [1.165, 1.54) is 12.8 Å². The normalized spacial score (nSPS) is 37.7. The smallest absolute Gasteiger partial charge is 0.317 e. The Kier molecular flexibility index (Phi) is 5.30. The Morgan fingerprint density at radius 2 is 1.90 bits per heavy atom. The predicted octanol–water partition coefficient (Wildman–Crippen LogP) is 2.61. The Labute approximate surface area is 122 Å². The lowest BCUT2D eigenvalue weighted by molar-refractivity contribution is 0.111. The lowest BCUT2D eigenvalue weighted by atomic mass is 9.78. The zero-order valence-corrected chi connectivity index (χ0v) is 13.1. The first-order valence-electron chi connectivity index (χ1n) is 8.18. The van der Waals surface area contributed by atoms with Crippen LogP contribution >= 0.6 is 0 Å². The Hall–Kier alpha value is -0.770. The maximum atomic E-state index is 12.3. The third kappa shape index (κ3) is 3.66. The fourth-order valence-electron chi connectivity index (χ4n) is 3.72. The standard InChI is InChI=1S/C16H30N2O2/c1-11-6-4-8-14(12(11)2)17-16(20)18(3)10-13-7-5-9-15(13)19/h11-15,19H,4-10H2,1-3H3,(H,17,20). The summed E-state index contributed by atoms with van der Waals surface area (Å²) in [6.45, 7) is 5.20. The van der Waals surface area contributed by atoms with Crippen LogP contribution in [0.2, 0.25) is 0 Å². The van der Waals surface area contributed by atoms with Crippen LogP contribution in [0.25, 0.3) is 0 Å². The molecule has 20 heavy (non-hydrogen) atoms. The minimum atomic E-state index is -0.223. The first-order chi connectivity index (χ1) is 9.49. The van der Waals surface area contributed by atoms with Crippen LogP contribution in [-0.4, -0.2) is 41.8 Å². The minimum absolute atomic E-state index is 0.0232. The highest BCUT2D eigenvalue weighted by molar-refractivity contribution is 5.74. The average molecular weight is 282 g/mol. The summed E-state index contributed by atoms with van der Waals surface area (Å²) in [7, 11) is 1.84.